The van der Waals surface area contributed by atoms with Gasteiger partial charge in [-0.2, -0.15) is 0 Å². The summed E-state index contributed by atoms with van der Waals surface area (Å²) < 4.78 is 0. The molecule has 0 aliphatic carbocycles. The number of benzene rings is 1. The molecule has 0 saturated heterocycles. The largest absolute Gasteiger partial charge is 0.330 e. The van der Waals surface area contributed by atoms with Gasteiger partial charge in [0.2, 0.25) is 0 Å². The van der Waals surface area contributed by atoms with Gasteiger partial charge in [-0.25, -0.2) is 0 Å². The van der Waals surface area contributed by atoms with Crippen LogP contribution in [0.3, 0.4) is 0 Å². The summed E-state index contributed by atoms with van der Waals surface area (Å²) in [5.41, 5.74) is 7.90. The lowest BCUT2D eigenvalue weighted by molar-refractivity contribution is 0.344. The Morgan fingerprint density at radius 1 is 0.370 bits per heavy atom. The Labute approximate surface area is 291 Å². The first-order valence-corrected chi connectivity index (χ1v) is 21.6. The van der Waals surface area contributed by atoms with Gasteiger partial charge in [0.25, 0.3) is 0 Å². The van der Waals surface area contributed by atoms with Crippen LogP contribution in [-0.2, 0) is 0 Å². The average Bonchev–Trinajstić information content (AvgIpc) is 3.08. The van der Waals surface area contributed by atoms with Crippen molar-refractivity contribution in [1.29, 1.82) is 0 Å². The van der Waals surface area contributed by atoms with E-state index in [9.17, 15) is 0 Å². The smallest absolute Gasteiger partial charge is 0.000556 e. The molecule has 0 aliphatic heterocycles. The second-order valence-corrected chi connectivity index (χ2v) is 15.2. The van der Waals surface area contributed by atoms with Gasteiger partial charge in [0.05, 0.1) is 0 Å². The van der Waals surface area contributed by atoms with Crippen molar-refractivity contribution >= 4 is 0 Å². The van der Waals surface area contributed by atoms with Crippen molar-refractivity contribution in [2.45, 2.75) is 238 Å². The van der Waals surface area contributed by atoms with E-state index in [1.165, 1.54) is 224 Å². The molecule has 1 unspecified atom stereocenters. The summed E-state index contributed by atoms with van der Waals surface area (Å²) in [6.07, 6.45) is 49.0. The van der Waals surface area contributed by atoms with E-state index in [4.69, 9.17) is 5.73 Å². The van der Waals surface area contributed by atoms with E-state index < -0.39 is 0 Å². The number of hydrogen-bond donors (Lipinski definition) is 1. The van der Waals surface area contributed by atoms with E-state index in [0.29, 0.717) is 5.92 Å². The lowest BCUT2D eigenvalue weighted by Gasteiger charge is -2.27. The Balaban J connectivity index is 2.11. The van der Waals surface area contributed by atoms with Crippen LogP contribution < -0.4 is 5.73 Å². The van der Waals surface area contributed by atoms with E-state index in [1.807, 2.05) is 0 Å². The van der Waals surface area contributed by atoms with E-state index in [-0.39, 0.29) is 0 Å². The monoisotopic (exact) mass is 640 g/mol. The minimum atomic E-state index is 0.536. The molecule has 0 heterocycles. The molecule has 0 radical (unpaired) electrons. The van der Waals surface area contributed by atoms with E-state index in [2.05, 4.69) is 44.2 Å². The number of hydrogen-bond acceptors (Lipinski definition) is 1. The summed E-state index contributed by atoms with van der Waals surface area (Å²) >= 11 is 0. The fourth-order valence-corrected chi connectivity index (χ4v) is 7.76. The standard InChI is InChI=1S/C45H85N/c1-3-5-7-9-11-13-15-17-19-21-23-25-27-29-31-34-38-43(45(42-46)44-40-36-33-37-41-44)39-35-32-30-28-26-24-22-20-18-16-14-12-10-8-6-4-2/h33,36-37,40-41,43,45H,3-32,34-35,38-39,42,46H2,1-2H3. The molecule has 1 atom stereocenters. The summed E-state index contributed by atoms with van der Waals surface area (Å²) in [6, 6.07) is 11.2. The number of nitrogens with two attached hydrogens (primary N) is 1. The zero-order chi connectivity index (χ0) is 33.0. The minimum Gasteiger partial charge on any atom is -0.330 e. The van der Waals surface area contributed by atoms with E-state index >= 15 is 0 Å². The zero-order valence-electron chi connectivity index (χ0n) is 31.9. The average molecular weight is 640 g/mol. The van der Waals surface area contributed by atoms with Gasteiger partial charge in [-0.05, 0) is 36.8 Å². The summed E-state index contributed by atoms with van der Waals surface area (Å²) in [6.45, 7) is 5.42. The molecule has 0 aromatic heterocycles. The maximum absolute atomic E-state index is 6.43. The highest BCUT2D eigenvalue weighted by Gasteiger charge is 2.21. The maximum Gasteiger partial charge on any atom is -0.000556 e. The van der Waals surface area contributed by atoms with Crippen molar-refractivity contribution in [1.82, 2.24) is 0 Å². The molecule has 1 aromatic rings. The molecule has 1 aromatic carbocycles. The van der Waals surface area contributed by atoms with Gasteiger partial charge in [0, 0.05) is 0 Å². The third-order valence-corrected chi connectivity index (χ3v) is 10.9. The van der Waals surface area contributed by atoms with E-state index in [0.717, 1.165) is 12.5 Å². The lowest BCUT2D eigenvalue weighted by atomic mass is 9.79. The predicted octanol–water partition coefficient (Wildman–Crippen LogP) is 15.6. The maximum atomic E-state index is 6.43. The Bertz CT molecular complexity index is 647. The van der Waals surface area contributed by atoms with Crippen molar-refractivity contribution < 1.29 is 0 Å². The molecule has 270 valence electrons. The second-order valence-electron chi connectivity index (χ2n) is 15.2. The zero-order valence-corrected chi connectivity index (χ0v) is 31.9. The van der Waals surface area contributed by atoms with Gasteiger partial charge in [-0.1, -0.05) is 250 Å². The fraction of sp³-hybridized carbons (Fsp3) is 0.867. The Hall–Kier alpha value is -0.820. The van der Waals surface area contributed by atoms with Crippen molar-refractivity contribution in [2.75, 3.05) is 6.54 Å². The van der Waals surface area contributed by atoms with Crippen LogP contribution in [0.4, 0.5) is 0 Å². The molecule has 0 spiro atoms. The molecular formula is C45H85N. The Morgan fingerprint density at radius 2 is 0.630 bits per heavy atom. The molecule has 1 rings (SSSR count). The third-order valence-electron chi connectivity index (χ3n) is 10.9. The molecule has 1 nitrogen and oxygen atoms in total. The first-order valence-electron chi connectivity index (χ1n) is 21.6. The predicted molar refractivity (Wildman–Crippen MR) is 210 cm³/mol. The van der Waals surface area contributed by atoms with E-state index in [1.54, 1.807) is 0 Å². The van der Waals surface area contributed by atoms with Crippen molar-refractivity contribution in [3.8, 4) is 0 Å². The molecule has 46 heavy (non-hydrogen) atoms. The highest BCUT2D eigenvalue weighted by atomic mass is 14.6. The van der Waals surface area contributed by atoms with Crippen LogP contribution in [0.15, 0.2) is 30.3 Å². The third kappa shape index (κ3) is 27.2. The number of unbranched alkanes of at least 4 members (excludes halogenated alkanes) is 30. The summed E-state index contributed by atoms with van der Waals surface area (Å²) in [4.78, 5) is 0. The SMILES string of the molecule is CCCCCCCCCCCCCCCCCCC(CCCCCCCCCCCCCCCCCC)C(CN)c1ccccc1. The normalized spacial score (nSPS) is 12.3. The molecular weight excluding hydrogens is 555 g/mol. The van der Waals surface area contributed by atoms with Crippen LogP contribution in [0.1, 0.15) is 244 Å². The van der Waals surface area contributed by atoms with Crippen molar-refractivity contribution in [3.63, 3.8) is 0 Å². The molecule has 0 aliphatic rings. The Kier molecular flexibility index (Phi) is 33.3. The molecule has 0 bridgehead atoms. The first-order chi connectivity index (χ1) is 22.8. The fourth-order valence-electron chi connectivity index (χ4n) is 7.76. The van der Waals surface area contributed by atoms with Crippen LogP contribution in [0.2, 0.25) is 0 Å². The van der Waals surface area contributed by atoms with Crippen LogP contribution >= 0.6 is 0 Å². The molecule has 0 saturated carbocycles. The second kappa shape index (κ2) is 35.5. The summed E-state index contributed by atoms with van der Waals surface area (Å²) in [7, 11) is 0. The van der Waals surface area contributed by atoms with Gasteiger partial charge < -0.3 is 5.73 Å². The van der Waals surface area contributed by atoms with Gasteiger partial charge in [-0.15, -0.1) is 0 Å². The van der Waals surface area contributed by atoms with Crippen LogP contribution in [0.5, 0.6) is 0 Å². The number of rotatable bonds is 37. The summed E-state index contributed by atoms with van der Waals surface area (Å²) in [5, 5.41) is 0. The van der Waals surface area contributed by atoms with Crippen LogP contribution in [0, 0.1) is 5.92 Å². The topological polar surface area (TPSA) is 26.0 Å². The van der Waals surface area contributed by atoms with Crippen molar-refractivity contribution in [3.05, 3.63) is 35.9 Å². The van der Waals surface area contributed by atoms with Crippen LogP contribution in [0.25, 0.3) is 0 Å². The van der Waals surface area contributed by atoms with Gasteiger partial charge in [0.15, 0.2) is 0 Å². The van der Waals surface area contributed by atoms with Crippen LogP contribution in [-0.4, -0.2) is 6.54 Å². The highest BCUT2D eigenvalue weighted by molar-refractivity contribution is 5.20. The molecule has 0 fully saturated rings. The van der Waals surface area contributed by atoms with Crippen molar-refractivity contribution in [2.24, 2.45) is 11.7 Å². The van der Waals surface area contributed by atoms with Gasteiger partial charge >= 0.3 is 0 Å². The molecule has 1 heteroatoms. The lowest BCUT2D eigenvalue weighted by Crippen LogP contribution is -2.22. The Morgan fingerprint density at radius 3 is 0.891 bits per heavy atom. The molecule has 2 N–H and O–H groups in total. The summed E-state index contributed by atoms with van der Waals surface area (Å²) in [5.74, 6) is 1.29. The first kappa shape index (κ1) is 43.2. The van der Waals surface area contributed by atoms with Gasteiger partial charge in [-0.3, -0.25) is 0 Å². The minimum absolute atomic E-state index is 0.536. The van der Waals surface area contributed by atoms with Gasteiger partial charge in [0.1, 0.15) is 0 Å². The quantitative estimate of drug-likeness (QED) is 0.0720. The molecule has 0 amide bonds. The highest BCUT2D eigenvalue weighted by Crippen LogP contribution is 2.32.